The first-order chi connectivity index (χ1) is 13.2. The van der Waals surface area contributed by atoms with Crippen molar-refractivity contribution in [2.24, 2.45) is 0 Å². The van der Waals surface area contributed by atoms with Gasteiger partial charge < -0.3 is 9.84 Å². The summed E-state index contributed by atoms with van der Waals surface area (Å²) in [6.07, 6.45) is 1.43. The number of rotatable bonds is 3. The number of aryl methyl sites for hydroxylation is 1. The standard InChI is InChI=1S/C20H17BrN2O4S/c1-10-5-4-6-15(11(10)2)23-19(26)13(18(25)22-20(23)28)7-12-8-17(27-3)16(24)9-14(12)21/h4-9,24H,1-3H3,(H,22,25,28). The summed E-state index contributed by atoms with van der Waals surface area (Å²) < 4.78 is 5.61. The van der Waals surface area contributed by atoms with Crippen molar-refractivity contribution in [1.29, 1.82) is 0 Å². The van der Waals surface area contributed by atoms with E-state index in [9.17, 15) is 14.7 Å². The number of phenolic OH excluding ortho intramolecular Hbond substituents is 1. The summed E-state index contributed by atoms with van der Waals surface area (Å²) in [4.78, 5) is 26.9. The molecule has 28 heavy (non-hydrogen) atoms. The molecular formula is C20H17BrN2O4S. The molecule has 0 saturated carbocycles. The third kappa shape index (κ3) is 3.53. The minimum atomic E-state index is -0.588. The van der Waals surface area contributed by atoms with Crippen LogP contribution in [0, 0.1) is 13.8 Å². The summed E-state index contributed by atoms with van der Waals surface area (Å²) in [6, 6.07) is 8.51. The molecule has 0 spiro atoms. The Kier molecular flexibility index (Phi) is 5.53. The van der Waals surface area contributed by atoms with Gasteiger partial charge in [-0.25, -0.2) is 0 Å². The van der Waals surface area contributed by atoms with Gasteiger partial charge in [0.15, 0.2) is 16.6 Å². The summed E-state index contributed by atoms with van der Waals surface area (Å²) in [5.74, 6) is -0.952. The molecule has 1 saturated heterocycles. The molecule has 1 fully saturated rings. The van der Waals surface area contributed by atoms with Crippen LogP contribution in [0.2, 0.25) is 0 Å². The van der Waals surface area contributed by atoms with Crippen molar-refractivity contribution in [2.75, 3.05) is 12.0 Å². The van der Waals surface area contributed by atoms with Gasteiger partial charge in [0.2, 0.25) is 0 Å². The monoisotopic (exact) mass is 460 g/mol. The molecule has 1 heterocycles. The lowest BCUT2D eigenvalue weighted by atomic mass is 10.0. The Morgan fingerprint density at radius 1 is 1.25 bits per heavy atom. The Labute approximate surface area is 175 Å². The minimum Gasteiger partial charge on any atom is -0.504 e. The van der Waals surface area contributed by atoms with Gasteiger partial charge in [-0.15, -0.1) is 0 Å². The highest BCUT2D eigenvalue weighted by molar-refractivity contribution is 9.10. The maximum absolute atomic E-state index is 13.2. The molecule has 144 valence electrons. The van der Waals surface area contributed by atoms with Crippen molar-refractivity contribution in [2.45, 2.75) is 13.8 Å². The topological polar surface area (TPSA) is 78.9 Å². The molecule has 0 aromatic heterocycles. The number of halogens is 1. The zero-order valence-electron chi connectivity index (χ0n) is 15.4. The smallest absolute Gasteiger partial charge is 0.270 e. The van der Waals surface area contributed by atoms with E-state index >= 15 is 0 Å². The number of thiocarbonyl (C=S) groups is 1. The molecule has 0 aliphatic carbocycles. The Morgan fingerprint density at radius 3 is 2.64 bits per heavy atom. The van der Waals surface area contributed by atoms with E-state index in [1.165, 1.54) is 30.2 Å². The predicted octanol–water partition coefficient (Wildman–Crippen LogP) is 3.61. The number of nitrogens with zero attached hydrogens (tertiary/aromatic N) is 1. The Morgan fingerprint density at radius 2 is 1.96 bits per heavy atom. The summed E-state index contributed by atoms with van der Waals surface area (Å²) >= 11 is 8.58. The van der Waals surface area contributed by atoms with Crippen LogP contribution < -0.4 is 15.0 Å². The van der Waals surface area contributed by atoms with Crippen LogP contribution in [0.5, 0.6) is 11.5 Å². The first-order valence-electron chi connectivity index (χ1n) is 8.28. The zero-order chi connectivity index (χ0) is 20.6. The molecule has 3 rings (SSSR count). The fraction of sp³-hybridized carbons (Fsp3) is 0.150. The van der Waals surface area contributed by atoms with E-state index in [1.807, 2.05) is 26.0 Å². The second-order valence-corrected chi connectivity index (χ2v) is 7.46. The number of hydrogen-bond donors (Lipinski definition) is 2. The highest BCUT2D eigenvalue weighted by atomic mass is 79.9. The van der Waals surface area contributed by atoms with Crippen LogP contribution in [0.3, 0.4) is 0 Å². The first kappa shape index (κ1) is 20.0. The highest BCUT2D eigenvalue weighted by Crippen LogP contribution is 2.34. The number of carbonyl (C=O) groups excluding carboxylic acids is 2. The van der Waals surface area contributed by atoms with Crippen molar-refractivity contribution in [3.8, 4) is 11.5 Å². The third-order valence-electron chi connectivity index (χ3n) is 4.52. The van der Waals surface area contributed by atoms with Gasteiger partial charge in [0.1, 0.15) is 5.57 Å². The second-order valence-electron chi connectivity index (χ2n) is 6.22. The summed E-state index contributed by atoms with van der Waals surface area (Å²) in [6.45, 7) is 3.83. The van der Waals surface area contributed by atoms with Crippen molar-refractivity contribution < 1.29 is 19.4 Å². The largest absolute Gasteiger partial charge is 0.504 e. The number of benzene rings is 2. The zero-order valence-corrected chi connectivity index (χ0v) is 17.8. The van der Waals surface area contributed by atoms with Gasteiger partial charge in [-0.3, -0.25) is 19.8 Å². The van der Waals surface area contributed by atoms with Gasteiger partial charge in [-0.1, -0.05) is 28.1 Å². The second kappa shape index (κ2) is 7.73. The number of amides is 2. The molecule has 1 aliphatic rings. The quantitative estimate of drug-likeness (QED) is 0.415. The number of ether oxygens (including phenoxy) is 1. The average Bonchev–Trinajstić information content (AvgIpc) is 2.63. The van der Waals surface area contributed by atoms with Crippen LogP contribution in [0.4, 0.5) is 5.69 Å². The fourth-order valence-corrected chi connectivity index (χ4v) is 3.56. The number of methoxy groups -OCH3 is 1. The fourth-order valence-electron chi connectivity index (χ4n) is 2.84. The molecule has 2 N–H and O–H groups in total. The molecule has 0 bridgehead atoms. The van der Waals surface area contributed by atoms with E-state index in [0.717, 1.165) is 11.1 Å². The van der Waals surface area contributed by atoms with Crippen LogP contribution >= 0.6 is 28.1 Å². The summed E-state index contributed by atoms with van der Waals surface area (Å²) in [5.41, 5.74) is 2.93. The van der Waals surface area contributed by atoms with E-state index in [1.54, 1.807) is 6.07 Å². The molecule has 1 aliphatic heterocycles. The van der Waals surface area contributed by atoms with E-state index in [4.69, 9.17) is 17.0 Å². The maximum atomic E-state index is 13.2. The van der Waals surface area contributed by atoms with E-state index < -0.39 is 11.8 Å². The normalized spacial score (nSPS) is 15.8. The summed E-state index contributed by atoms with van der Waals surface area (Å²) in [7, 11) is 1.42. The molecule has 6 nitrogen and oxygen atoms in total. The molecule has 8 heteroatoms. The van der Waals surface area contributed by atoms with Gasteiger partial charge in [0.05, 0.1) is 12.8 Å². The van der Waals surface area contributed by atoms with Crippen LogP contribution in [0.25, 0.3) is 6.08 Å². The Balaban J connectivity index is 2.11. The number of phenols is 1. The molecule has 2 aromatic rings. The van der Waals surface area contributed by atoms with Crippen LogP contribution in [-0.2, 0) is 9.59 Å². The van der Waals surface area contributed by atoms with E-state index in [-0.39, 0.29) is 22.2 Å². The number of hydrogen-bond acceptors (Lipinski definition) is 5. The number of aromatic hydroxyl groups is 1. The molecule has 2 amide bonds. The van der Waals surface area contributed by atoms with Crippen LogP contribution in [0.1, 0.15) is 16.7 Å². The van der Waals surface area contributed by atoms with Crippen molar-refractivity contribution in [1.82, 2.24) is 5.32 Å². The molecule has 0 radical (unpaired) electrons. The average molecular weight is 461 g/mol. The summed E-state index contributed by atoms with van der Waals surface area (Å²) in [5, 5.41) is 12.5. The molecule has 0 atom stereocenters. The molecule has 2 aromatic carbocycles. The number of anilines is 1. The van der Waals surface area contributed by atoms with Crippen LogP contribution in [0.15, 0.2) is 40.4 Å². The van der Waals surface area contributed by atoms with Crippen molar-refractivity contribution >= 4 is 56.8 Å². The van der Waals surface area contributed by atoms with E-state index in [2.05, 4.69) is 21.2 Å². The van der Waals surface area contributed by atoms with Gasteiger partial charge in [-0.2, -0.15) is 0 Å². The third-order valence-corrected chi connectivity index (χ3v) is 5.49. The lowest BCUT2D eigenvalue weighted by Gasteiger charge is -2.30. The van der Waals surface area contributed by atoms with E-state index in [0.29, 0.717) is 15.7 Å². The highest BCUT2D eigenvalue weighted by Gasteiger charge is 2.35. The van der Waals surface area contributed by atoms with Crippen molar-refractivity contribution in [3.05, 3.63) is 57.1 Å². The Bertz CT molecular complexity index is 1050. The van der Waals surface area contributed by atoms with Gasteiger partial charge in [-0.05, 0) is 67.0 Å². The Hall–Kier alpha value is -2.71. The van der Waals surface area contributed by atoms with Crippen molar-refractivity contribution in [3.63, 3.8) is 0 Å². The number of nitrogens with one attached hydrogen (secondary N) is 1. The van der Waals surface area contributed by atoms with Gasteiger partial charge >= 0.3 is 0 Å². The van der Waals surface area contributed by atoms with Gasteiger partial charge in [0.25, 0.3) is 11.8 Å². The lowest BCUT2D eigenvalue weighted by Crippen LogP contribution is -2.54. The SMILES string of the molecule is COc1cc(C=C2C(=O)NC(=S)N(c3cccc(C)c3C)C2=O)c(Br)cc1O. The number of carbonyl (C=O) groups is 2. The van der Waals surface area contributed by atoms with Crippen LogP contribution in [-0.4, -0.2) is 29.1 Å². The minimum absolute atomic E-state index is 0.0307. The molecule has 0 unspecified atom stereocenters. The predicted molar refractivity (Wildman–Crippen MR) is 114 cm³/mol. The molecular weight excluding hydrogens is 444 g/mol. The maximum Gasteiger partial charge on any atom is 0.270 e. The van der Waals surface area contributed by atoms with Gasteiger partial charge in [0, 0.05) is 4.47 Å². The lowest BCUT2D eigenvalue weighted by molar-refractivity contribution is -0.122. The first-order valence-corrected chi connectivity index (χ1v) is 9.49.